The molecule has 1 aliphatic rings. The number of hydrogen-bond acceptors (Lipinski definition) is 3. The molecule has 1 aromatic heterocycles. The molecule has 0 radical (unpaired) electrons. The van der Waals surface area contributed by atoms with Crippen LogP contribution in [0.15, 0.2) is 60.8 Å². The molecule has 2 heterocycles. The molecule has 1 aliphatic heterocycles. The van der Waals surface area contributed by atoms with Crippen LogP contribution in [0, 0.1) is 0 Å². The van der Waals surface area contributed by atoms with Gasteiger partial charge in [0.25, 0.3) is 5.91 Å². The first-order valence-electron chi connectivity index (χ1n) is 9.55. The molecule has 4 rings (SSSR count). The monoisotopic (exact) mass is 394 g/mol. The van der Waals surface area contributed by atoms with Crippen molar-refractivity contribution in [1.82, 2.24) is 20.0 Å². The molecule has 0 atom stereocenters. The second-order valence-corrected chi connectivity index (χ2v) is 7.51. The number of aromatic amines is 1. The van der Waals surface area contributed by atoms with E-state index in [1.807, 2.05) is 35.2 Å². The fraction of sp³-hybridized carbons (Fsp3) is 0.273. The molecule has 1 fully saturated rings. The maximum atomic E-state index is 13.2. The van der Waals surface area contributed by atoms with Gasteiger partial charge in [0, 0.05) is 43.3 Å². The van der Waals surface area contributed by atoms with Gasteiger partial charge in [0.2, 0.25) is 0 Å². The zero-order valence-corrected chi connectivity index (χ0v) is 16.4. The molecule has 0 unspecified atom stereocenters. The normalized spacial score (nSPS) is 15.4. The SMILES string of the molecule is O=C(c1cn[nH]c1-c1ccc(Cl)cc1)N1CCCN(Cc2ccccc2)CC1. The fourth-order valence-corrected chi connectivity index (χ4v) is 3.75. The summed E-state index contributed by atoms with van der Waals surface area (Å²) in [4.78, 5) is 17.5. The van der Waals surface area contributed by atoms with E-state index < -0.39 is 0 Å². The van der Waals surface area contributed by atoms with E-state index in [0.29, 0.717) is 10.6 Å². The van der Waals surface area contributed by atoms with Crippen LogP contribution in [0.5, 0.6) is 0 Å². The Kier molecular flexibility index (Phi) is 5.74. The molecule has 28 heavy (non-hydrogen) atoms. The van der Waals surface area contributed by atoms with E-state index >= 15 is 0 Å². The molecular weight excluding hydrogens is 372 g/mol. The van der Waals surface area contributed by atoms with Crippen molar-refractivity contribution in [2.24, 2.45) is 0 Å². The molecule has 1 N–H and O–H groups in total. The fourth-order valence-electron chi connectivity index (χ4n) is 3.63. The van der Waals surface area contributed by atoms with Gasteiger partial charge in [-0.15, -0.1) is 0 Å². The molecule has 144 valence electrons. The van der Waals surface area contributed by atoms with Gasteiger partial charge >= 0.3 is 0 Å². The number of carbonyl (C=O) groups excluding carboxylic acids is 1. The van der Waals surface area contributed by atoms with Crippen LogP contribution in [0.4, 0.5) is 0 Å². The molecule has 1 amide bonds. The number of hydrogen-bond donors (Lipinski definition) is 1. The molecule has 0 aliphatic carbocycles. The summed E-state index contributed by atoms with van der Waals surface area (Å²) in [7, 11) is 0. The smallest absolute Gasteiger partial charge is 0.257 e. The van der Waals surface area contributed by atoms with E-state index in [2.05, 4.69) is 39.4 Å². The number of benzene rings is 2. The lowest BCUT2D eigenvalue weighted by atomic mass is 10.1. The first-order valence-corrected chi connectivity index (χ1v) is 9.93. The topological polar surface area (TPSA) is 52.2 Å². The third kappa shape index (κ3) is 4.26. The number of carbonyl (C=O) groups is 1. The quantitative estimate of drug-likeness (QED) is 0.725. The van der Waals surface area contributed by atoms with Crippen molar-refractivity contribution in [2.45, 2.75) is 13.0 Å². The average Bonchev–Trinajstić information content (AvgIpc) is 3.09. The van der Waals surface area contributed by atoms with Crippen molar-refractivity contribution in [1.29, 1.82) is 0 Å². The zero-order valence-electron chi connectivity index (χ0n) is 15.6. The average molecular weight is 395 g/mol. The molecule has 1 saturated heterocycles. The van der Waals surface area contributed by atoms with E-state index in [9.17, 15) is 4.79 Å². The summed E-state index contributed by atoms with van der Waals surface area (Å²) < 4.78 is 0. The highest BCUT2D eigenvalue weighted by Crippen LogP contribution is 2.24. The van der Waals surface area contributed by atoms with E-state index in [1.54, 1.807) is 6.20 Å². The van der Waals surface area contributed by atoms with Gasteiger partial charge in [-0.1, -0.05) is 54.1 Å². The molecule has 5 nitrogen and oxygen atoms in total. The summed E-state index contributed by atoms with van der Waals surface area (Å²) in [6.45, 7) is 4.26. The molecule has 6 heteroatoms. The van der Waals surface area contributed by atoms with E-state index in [1.165, 1.54) is 5.56 Å². The van der Waals surface area contributed by atoms with E-state index in [-0.39, 0.29) is 5.91 Å². The molecule has 2 aromatic carbocycles. The second kappa shape index (κ2) is 8.59. The van der Waals surface area contributed by atoms with Crippen LogP contribution in [0.2, 0.25) is 5.02 Å². The summed E-state index contributed by atoms with van der Waals surface area (Å²) in [5, 5.41) is 7.75. The first-order chi connectivity index (χ1) is 13.7. The van der Waals surface area contributed by atoms with Crippen molar-refractivity contribution in [3.63, 3.8) is 0 Å². The number of halogens is 1. The number of rotatable bonds is 4. The van der Waals surface area contributed by atoms with Gasteiger partial charge in [-0.05, 0) is 24.1 Å². The Balaban J connectivity index is 1.45. The second-order valence-electron chi connectivity index (χ2n) is 7.07. The largest absolute Gasteiger partial charge is 0.337 e. The van der Waals surface area contributed by atoms with Gasteiger partial charge in [0.05, 0.1) is 17.5 Å². The van der Waals surface area contributed by atoms with Gasteiger partial charge in [0.1, 0.15) is 0 Å². The Morgan fingerprint density at radius 1 is 1.00 bits per heavy atom. The number of H-pyrrole nitrogens is 1. The number of amides is 1. The van der Waals surface area contributed by atoms with Gasteiger partial charge in [-0.2, -0.15) is 5.10 Å². The third-order valence-corrected chi connectivity index (χ3v) is 5.38. The third-order valence-electron chi connectivity index (χ3n) is 5.13. The number of nitrogens with zero attached hydrogens (tertiary/aromatic N) is 3. The lowest BCUT2D eigenvalue weighted by Gasteiger charge is -2.22. The highest BCUT2D eigenvalue weighted by atomic mass is 35.5. The Morgan fingerprint density at radius 3 is 2.57 bits per heavy atom. The van der Waals surface area contributed by atoms with Crippen molar-refractivity contribution < 1.29 is 4.79 Å². The minimum Gasteiger partial charge on any atom is -0.337 e. The standard InChI is InChI=1S/C22H23ClN4O/c23-19-9-7-18(8-10-19)21-20(15-24-25-21)22(28)27-12-4-11-26(13-14-27)16-17-5-2-1-3-6-17/h1-3,5-10,15H,4,11-14,16H2,(H,24,25). The lowest BCUT2D eigenvalue weighted by Crippen LogP contribution is -2.35. The maximum absolute atomic E-state index is 13.2. The summed E-state index contributed by atoms with van der Waals surface area (Å²) >= 11 is 5.98. The zero-order chi connectivity index (χ0) is 19.3. The predicted molar refractivity (Wildman–Crippen MR) is 111 cm³/mol. The van der Waals surface area contributed by atoms with Crippen LogP contribution in [0.25, 0.3) is 11.3 Å². The van der Waals surface area contributed by atoms with Gasteiger partial charge in [-0.3, -0.25) is 14.8 Å². The van der Waals surface area contributed by atoms with Gasteiger partial charge in [0.15, 0.2) is 0 Å². The van der Waals surface area contributed by atoms with Crippen LogP contribution in [-0.2, 0) is 6.54 Å². The minimum absolute atomic E-state index is 0.0280. The van der Waals surface area contributed by atoms with E-state index in [4.69, 9.17) is 11.6 Å². The number of aromatic nitrogens is 2. The summed E-state index contributed by atoms with van der Waals surface area (Å²) in [6.07, 6.45) is 2.59. The highest BCUT2D eigenvalue weighted by Gasteiger charge is 2.24. The molecule has 0 saturated carbocycles. The Labute approximate surface area is 169 Å². The van der Waals surface area contributed by atoms with Crippen LogP contribution in [0.3, 0.4) is 0 Å². The number of nitrogens with one attached hydrogen (secondary N) is 1. The maximum Gasteiger partial charge on any atom is 0.257 e. The summed E-state index contributed by atoms with van der Waals surface area (Å²) in [5.74, 6) is 0.0280. The van der Waals surface area contributed by atoms with Crippen molar-refractivity contribution in [2.75, 3.05) is 26.2 Å². The molecule has 0 bridgehead atoms. The van der Waals surface area contributed by atoms with Gasteiger partial charge in [-0.25, -0.2) is 0 Å². The lowest BCUT2D eigenvalue weighted by molar-refractivity contribution is 0.0762. The van der Waals surface area contributed by atoms with Crippen LogP contribution in [0.1, 0.15) is 22.3 Å². The Bertz CT molecular complexity index is 923. The highest BCUT2D eigenvalue weighted by molar-refractivity contribution is 6.30. The van der Waals surface area contributed by atoms with Gasteiger partial charge < -0.3 is 4.90 Å². The van der Waals surface area contributed by atoms with Crippen molar-refractivity contribution in [3.8, 4) is 11.3 Å². The Morgan fingerprint density at radius 2 is 1.79 bits per heavy atom. The van der Waals surface area contributed by atoms with Crippen molar-refractivity contribution >= 4 is 17.5 Å². The molecular formula is C22H23ClN4O. The predicted octanol–water partition coefficient (Wildman–Crippen LogP) is 4.08. The van der Waals surface area contributed by atoms with E-state index in [0.717, 1.165) is 50.4 Å². The Hall–Kier alpha value is -2.63. The molecule has 0 spiro atoms. The summed E-state index contributed by atoms with van der Waals surface area (Å²) in [6, 6.07) is 17.9. The summed E-state index contributed by atoms with van der Waals surface area (Å²) in [5.41, 5.74) is 3.57. The minimum atomic E-state index is 0.0280. The first kappa shape index (κ1) is 18.7. The van der Waals surface area contributed by atoms with Crippen LogP contribution >= 0.6 is 11.6 Å². The van der Waals surface area contributed by atoms with Crippen LogP contribution < -0.4 is 0 Å². The molecule has 3 aromatic rings. The van der Waals surface area contributed by atoms with Crippen molar-refractivity contribution in [3.05, 3.63) is 76.9 Å². The van der Waals surface area contributed by atoms with Crippen LogP contribution in [-0.4, -0.2) is 52.1 Å².